The average molecular weight is 266 g/mol. The van der Waals surface area contributed by atoms with Crippen LogP contribution in [-0.2, 0) is 19.5 Å². The lowest BCUT2D eigenvalue weighted by molar-refractivity contribution is 0.689. The molecule has 0 amide bonds. The molecule has 2 aromatic rings. The minimum atomic E-state index is 0.874. The van der Waals surface area contributed by atoms with Crippen molar-refractivity contribution >= 4 is 22.7 Å². The first-order chi connectivity index (χ1) is 8.19. The Balaban J connectivity index is 1.85. The van der Waals surface area contributed by atoms with Crippen molar-refractivity contribution in [2.75, 3.05) is 0 Å². The molecule has 2 nitrogen and oxygen atoms in total. The van der Waals surface area contributed by atoms with Crippen LogP contribution < -0.4 is 5.32 Å². The van der Waals surface area contributed by atoms with E-state index in [-0.39, 0.29) is 0 Å². The number of thiophene rings is 1. The van der Waals surface area contributed by atoms with Gasteiger partial charge in [0.05, 0.1) is 0 Å². The summed E-state index contributed by atoms with van der Waals surface area (Å²) in [5.41, 5.74) is 1.42. The van der Waals surface area contributed by atoms with Crippen LogP contribution in [0.1, 0.15) is 32.1 Å². The summed E-state index contributed by atoms with van der Waals surface area (Å²) in [6, 6.07) is 2.27. The Bertz CT molecular complexity index is 485. The molecule has 17 heavy (non-hydrogen) atoms. The number of rotatable bonds is 5. The molecule has 0 bridgehead atoms. The van der Waals surface area contributed by atoms with Crippen molar-refractivity contribution in [2.24, 2.45) is 0 Å². The number of nitrogens with zero attached hydrogens (tertiary/aromatic N) is 1. The Hall–Kier alpha value is -0.710. The van der Waals surface area contributed by atoms with E-state index in [4.69, 9.17) is 0 Å². The van der Waals surface area contributed by atoms with Crippen LogP contribution in [0.4, 0.5) is 0 Å². The summed E-state index contributed by atoms with van der Waals surface area (Å²) in [6.07, 6.45) is 3.07. The largest absolute Gasteiger partial charge is 0.306 e. The lowest BCUT2D eigenvalue weighted by atomic mass is 10.2. The summed E-state index contributed by atoms with van der Waals surface area (Å²) in [5.74, 6) is 0. The van der Waals surface area contributed by atoms with Gasteiger partial charge in [0, 0.05) is 33.9 Å². The molecule has 0 saturated heterocycles. The van der Waals surface area contributed by atoms with Gasteiger partial charge >= 0.3 is 0 Å². The first-order valence-corrected chi connectivity index (χ1v) is 7.52. The van der Waals surface area contributed by atoms with E-state index < -0.39 is 0 Å². The molecule has 0 spiro atoms. The Morgan fingerprint density at radius 3 is 2.65 bits per heavy atom. The zero-order valence-electron chi connectivity index (χ0n) is 10.5. The molecule has 0 atom stereocenters. The van der Waals surface area contributed by atoms with Crippen molar-refractivity contribution in [3.8, 4) is 0 Å². The van der Waals surface area contributed by atoms with Crippen molar-refractivity contribution in [2.45, 2.75) is 40.3 Å². The monoisotopic (exact) mass is 266 g/mol. The Morgan fingerprint density at radius 2 is 2.06 bits per heavy atom. The maximum absolute atomic E-state index is 4.40. The highest BCUT2D eigenvalue weighted by Gasteiger charge is 2.03. The van der Waals surface area contributed by atoms with Crippen LogP contribution in [0.25, 0.3) is 0 Å². The third-order valence-electron chi connectivity index (χ3n) is 2.69. The van der Waals surface area contributed by atoms with Gasteiger partial charge in [-0.15, -0.1) is 22.7 Å². The van der Waals surface area contributed by atoms with Crippen molar-refractivity contribution in [3.05, 3.63) is 37.5 Å². The van der Waals surface area contributed by atoms with Crippen LogP contribution in [0.5, 0.6) is 0 Å². The fourth-order valence-corrected chi connectivity index (χ4v) is 3.53. The SMILES string of the molecule is CCc1cnc(CNCc2cc(C)sc2C)s1. The molecular weight excluding hydrogens is 248 g/mol. The Labute approximate surface area is 111 Å². The molecule has 2 rings (SSSR count). The number of aryl methyl sites for hydroxylation is 3. The molecule has 4 heteroatoms. The predicted octanol–water partition coefficient (Wildman–Crippen LogP) is 3.67. The summed E-state index contributed by atoms with van der Waals surface area (Å²) in [7, 11) is 0. The number of hydrogen-bond donors (Lipinski definition) is 1. The summed E-state index contributed by atoms with van der Waals surface area (Å²) in [5, 5.41) is 4.65. The van der Waals surface area contributed by atoms with Gasteiger partial charge in [0.2, 0.25) is 0 Å². The third-order valence-corrected chi connectivity index (χ3v) is 4.84. The first kappa shape index (κ1) is 12.7. The zero-order chi connectivity index (χ0) is 12.3. The molecule has 0 saturated carbocycles. The average Bonchev–Trinajstić information content (AvgIpc) is 2.86. The van der Waals surface area contributed by atoms with Crippen LogP contribution in [0.2, 0.25) is 0 Å². The molecule has 0 aliphatic rings. The summed E-state index contributed by atoms with van der Waals surface area (Å²) in [4.78, 5) is 8.58. The van der Waals surface area contributed by atoms with Crippen molar-refractivity contribution in [1.29, 1.82) is 0 Å². The van der Waals surface area contributed by atoms with Gasteiger partial charge in [-0.3, -0.25) is 0 Å². The normalized spacial score (nSPS) is 11.0. The molecule has 1 N–H and O–H groups in total. The fraction of sp³-hybridized carbons (Fsp3) is 0.462. The number of nitrogens with one attached hydrogen (secondary N) is 1. The second-order valence-electron chi connectivity index (χ2n) is 4.12. The van der Waals surface area contributed by atoms with E-state index in [9.17, 15) is 0 Å². The molecule has 0 fully saturated rings. The van der Waals surface area contributed by atoms with Crippen molar-refractivity contribution < 1.29 is 0 Å². The predicted molar refractivity (Wildman–Crippen MR) is 75.8 cm³/mol. The molecule has 2 aromatic heterocycles. The van der Waals surface area contributed by atoms with Gasteiger partial charge in [0.25, 0.3) is 0 Å². The molecular formula is C13H18N2S2. The smallest absolute Gasteiger partial charge is 0.107 e. The van der Waals surface area contributed by atoms with Gasteiger partial charge in [0.15, 0.2) is 0 Å². The highest BCUT2D eigenvalue weighted by Crippen LogP contribution is 2.20. The number of aromatic nitrogens is 1. The molecule has 92 valence electrons. The highest BCUT2D eigenvalue weighted by atomic mass is 32.1. The fourth-order valence-electron chi connectivity index (χ4n) is 1.76. The lowest BCUT2D eigenvalue weighted by Crippen LogP contribution is -2.12. The van der Waals surface area contributed by atoms with Gasteiger partial charge in [0.1, 0.15) is 5.01 Å². The second-order valence-corrected chi connectivity index (χ2v) is 6.78. The second kappa shape index (κ2) is 5.76. The van der Waals surface area contributed by atoms with Crippen molar-refractivity contribution in [1.82, 2.24) is 10.3 Å². The standard InChI is InChI=1S/C13H18N2S2/c1-4-12-7-15-13(17-12)8-14-6-11-5-9(2)16-10(11)3/h5,7,14H,4,6,8H2,1-3H3. The van der Waals surface area contributed by atoms with E-state index in [0.717, 1.165) is 19.5 Å². The van der Waals surface area contributed by atoms with Gasteiger partial charge < -0.3 is 5.32 Å². The highest BCUT2D eigenvalue weighted by molar-refractivity contribution is 7.12. The van der Waals surface area contributed by atoms with E-state index in [1.54, 1.807) is 11.3 Å². The van der Waals surface area contributed by atoms with Gasteiger partial charge in [-0.1, -0.05) is 6.92 Å². The van der Waals surface area contributed by atoms with E-state index in [0.29, 0.717) is 0 Å². The van der Waals surface area contributed by atoms with Gasteiger partial charge in [-0.05, 0) is 31.9 Å². The van der Waals surface area contributed by atoms with E-state index >= 15 is 0 Å². The molecule has 0 aliphatic heterocycles. The van der Waals surface area contributed by atoms with Crippen LogP contribution in [0.15, 0.2) is 12.3 Å². The molecule has 2 heterocycles. The summed E-state index contributed by atoms with van der Waals surface area (Å²) in [6.45, 7) is 8.33. The molecule has 0 aromatic carbocycles. The quantitative estimate of drug-likeness (QED) is 0.893. The maximum Gasteiger partial charge on any atom is 0.107 e. The Kier molecular flexibility index (Phi) is 4.31. The van der Waals surface area contributed by atoms with E-state index in [1.807, 2.05) is 17.5 Å². The lowest BCUT2D eigenvalue weighted by Gasteiger charge is -2.01. The topological polar surface area (TPSA) is 24.9 Å². The minimum Gasteiger partial charge on any atom is -0.306 e. The summed E-state index contributed by atoms with van der Waals surface area (Å²) >= 11 is 3.68. The van der Waals surface area contributed by atoms with E-state index in [2.05, 4.69) is 37.1 Å². The van der Waals surface area contributed by atoms with Crippen molar-refractivity contribution in [3.63, 3.8) is 0 Å². The molecule has 0 aliphatic carbocycles. The maximum atomic E-state index is 4.40. The molecule has 0 radical (unpaired) electrons. The van der Waals surface area contributed by atoms with Crippen LogP contribution >= 0.6 is 22.7 Å². The Morgan fingerprint density at radius 1 is 1.24 bits per heavy atom. The first-order valence-electron chi connectivity index (χ1n) is 5.89. The number of thiazole rings is 1. The molecule has 0 unspecified atom stereocenters. The van der Waals surface area contributed by atoms with E-state index in [1.165, 1.54) is 25.2 Å². The van der Waals surface area contributed by atoms with Crippen LogP contribution in [0, 0.1) is 13.8 Å². The van der Waals surface area contributed by atoms with Crippen LogP contribution in [-0.4, -0.2) is 4.98 Å². The van der Waals surface area contributed by atoms with Crippen LogP contribution in [0.3, 0.4) is 0 Å². The minimum absolute atomic E-state index is 0.874. The third kappa shape index (κ3) is 3.37. The zero-order valence-corrected chi connectivity index (χ0v) is 12.2. The summed E-state index contributed by atoms with van der Waals surface area (Å²) < 4.78 is 0. The van der Waals surface area contributed by atoms with Gasteiger partial charge in [-0.2, -0.15) is 0 Å². The van der Waals surface area contributed by atoms with Gasteiger partial charge in [-0.25, -0.2) is 4.98 Å². The number of hydrogen-bond acceptors (Lipinski definition) is 4.